The first-order valence-corrected chi connectivity index (χ1v) is 3.42. The van der Waals surface area contributed by atoms with Gasteiger partial charge < -0.3 is 19.2 Å². The van der Waals surface area contributed by atoms with Gasteiger partial charge in [-0.1, -0.05) is 0 Å². The maximum atomic E-state index is 8.55. The minimum absolute atomic E-state index is 1.42. The van der Waals surface area contributed by atoms with Gasteiger partial charge in [0.15, 0.2) is 0 Å². The second-order valence-electron chi connectivity index (χ2n) is 0.531. The molecule has 8 heteroatoms. The zero-order valence-corrected chi connectivity index (χ0v) is 5.29. The van der Waals surface area contributed by atoms with Crippen molar-refractivity contribution in [2.45, 2.75) is 0 Å². The monoisotopic (exact) mass is 155 g/mol. The molecule has 0 unspecified atom stereocenters. The van der Waals surface area contributed by atoms with Gasteiger partial charge >= 0.3 is 18.2 Å². The molecule has 3 radical (unpaired) electrons. The molecule has 0 aromatic heterocycles. The summed E-state index contributed by atoms with van der Waals surface area (Å²) in [7, 11) is -6.81. The fraction of sp³-hybridized carbons (Fsp3) is 0. The Morgan fingerprint density at radius 2 is 1.12 bits per heavy atom. The van der Waals surface area contributed by atoms with E-state index in [4.69, 9.17) is 28.2 Å². The molecule has 0 saturated heterocycles. The number of phosphoric acid groups is 1. The molecule has 0 rings (SSSR count). The van der Waals surface area contributed by atoms with Crippen LogP contribution in [0.5, 0.6) is 0 Å². The van der Waals surface area contributed by atoms with Crippen molar-refractivity contribution >= 4 is 17.1 Å². The molecular weight excluding hydrogens is 155 g/mol. The Balaban J connectivity index is 0. The van der Waals surface area contributed by atoms with Crippen LogP contribution in [0, 0.1) is 0 Å². The van der Waals surface area contributed by atoms with Crippen molar-refractivity contribution in [3.63, 3.8) is 0 Å². The van der Waals surface area contributed by atoms with Crippen LogP contribution in [0.1, 0.15) is 0 Å². The van der Waals surface area contributed by atoms with E-state index in [1.54, 1.807) is 0 Å². The Bertz CT molecular complexity index is 106. The van der Waals surface area contributed by atoms with Crippen molar-refractivity contribution in [3.8, 4) is 0 Å². The van der Waals surface area contributed by atoms with Crippen molar-refractivity contribution in [1.82, 2.24) is 0 Å². The van der Waals surface area contributed by atoms with Gasteiger partial charge in [-0.05, 0) is 0 Å². The summed E-state index contributed by atoms with van der Waals surface area (Å²) in [5, 5.41) is 0. The van der Waals surface area contributed by atoms with Gasteiger partial charge in [0, 0.05) is 0 Å². The molecule has 0 bridgehead atoms. The van der Waals surface area contributed by atoms with Gasteiger partial charge in [-0.25, -0.2) is 0 Å². The highest BCUT2D eigenvalue weighted by Crippen LogP contribution is 2.03. The maximum absolute atomic E-state index is 8.55. The highest BCUT2D eigenvalue weighted by molar-refractivity contribution is 7.40. The standard InChI is InChI=1S/H3O4P.O2Si/c1-5(2,3)4;1-3-2/h(H3,1,2,3,4);/q;+3/p-3. The molecule has 0 aliphatic heterocycles. The Kier molecular flexibility index (Phi) is 6.86. The topological polar surface area (TPSA) is 120 Å². The van der Waals surface area contributed by atoms with Crippen LogP contribution in [-0.2, 0) is 13.5 Å². The van der Waals surface area contributed by atoms with E-state index < -0.39 is 17.1 Å². The minimum Gasteiger partial charge on any atom is -0.822 e. The Hall–Kier alpha value is -0.0731. The highest BCUT2D eigenvalue weighted by Gasteiger charge is 2.79. The first-order chi connectivity index (χ1) is 3.41. The summed E-state index contributed by atoms with van der Waals surface area (Å²) in [5.74, 6) is 0. The molecule has 0 fully saturated rings. The summed E-state index contributed by atoms with van der Waals surface area (Å²) in [6.45, 7) is 0. The molecule has 0 N–H and O–H groups in total. The Morgan fingerprint density at radius 3 is 1.12 bits per heavy atom. The first kappa shape index (κ1) is 10.8. The van der Waals surface area contributed by atoms with Gasteiger partial charge in [0.05, 0.1) is 0 Å². The summed E-state index contributed by atoms with van der Waals surface area (Å²) < 4.78 is 25.4. The minimum atomic E-state index is -5.39. The van der Waals surface area contributed by atoms with E-state index in [2.05, 4.69) is 0 Å². The van der Waals surface area contributed by atoms with Gasteiger partial charge in [-0.15, -0.1) is 0 Å². The average molecular weight is 155 g/mol. The molecule has 6 nitrogen and oxygen atoms in total. The van der Waals surface area contributed by atoms with Crippen molar-refractivity contribution in [3.05, 3.63) is 0 Å². The van der Waals surface area contributed by atoms with Crippen molar-refractivity contribution in [2.24, 2.45) is 0 Å². The Morgan fingerprint density at radius 1 is 1.12 bits per heavy atom. The van der Waals surface area contributed by atoms with Gasteiger partial charge in [-0.2, -0.15) is 7.82 Å². The van der Waals surface area contributed by atoms with Gasteiger partial charge in [0.25, 0.3) is 0 Å². The first-order valence-electron chi connectivity index (χ1n) is 1.14. The molecule has 45 valence electrons. The molecule has 0 spiro atoms. The van der Waals surface area contributed by atoms with Crippen molar-refractivity contribution in [2.75, 3.05) is 0 Å². The van der Waals surface area contributed by atoms with Crippen LogP contribution in [0.3, 0.4) is 0 Å². The largest absolute Gasteiger partial charge is 2.38 e. The number of rotatable bonds is 0. The third-order valence-corrected chi connectivity index (χ3v) is 0. The molecule has 0 aliphatic rings. The average Bonchev–Trinajstić information content (AvgIpc) is 1.27. The molecule has 0 saturated carbocycles. The second kappa shape index (κ2) is 5.07. The lowest BCUT2D eigenvalue weighted by atomic mass is 15.8. The third-order valence-electron chi connectivity index (χ3n) is 0. The normalized spacial score (nSPS) is 8.38. The van der Waals surface area contributed by atoms with Gasteiger partial charge in [-0.3, -0.25) is 0 Å². The lowest BCUT2D eigenvalue weighted by Crippen LogP contribution is -2.24. The molecule has 8 heavy (non-hydrogen) atoms. The number of hydrogen-bond donors (Lipinski definition) is 0. The summed E-state index contributed by atoms with van der Waals surface area (Å²) in [5.41, 5.74) is 0. The van der Waals surface area contributed by atoms with E-state index in [0.717, 1.165) is 0 Å². The van der Waals surface area contributed by atoms with Crippen molar-refractivity contribution < 1.29 is 28.2 Å². The summed E-state index contributed by atoms with van der Waals surface area (Å²) in [4.78, 5) is 25.6. The molecule has 0 aromatic carbocycles. The summed E-state index contributed by atoms with van der Waals surface area (Å²) in [6.07, 6.45) is 0. The van der Waals surface area contributed by atoms with E-state index in [0.29, 0.717) is 0 Å². The van der Waals surface area contributed by atoms with E-state index in [9.17, 15) is 0 Å². The molecule has 0 atom stereocenters. The van der Waals surface area contributed by atoms with Crippen LogP contribution < -0.4 is 14.7 Å². The van der Waals surface area contributed by atoms with E-state index in [1.165, 1.54) is 0 Å². The van der Waals surface area contributed by atoms with Gasteiger partial charge in [0.2, 0.25) is 0 Å². The zero-order chi connectivity index (χ0) is 7.21. The van der Waals surface area contributed by atoms with E-state index in [1.807, 2.05) is 0 Å². The fourth-order valence-electron chi connectivity index (χ4n) is 0. The van der Waals surface area contributed by atoms with E-state index in [-0.39, 0.29) is 0 Å². The van der Waals surface area contributed by atoms with Crippen LogP contribution >= 0.6 is 7.82 Å². The van der Waals surface area contributed by atoms with Gasteiger partial charge in [0.1, 0.15) is 0 Å². The van der Waals surface area contributed by atoms with Crippen LogP contribution in [0.25, 0.3) is 0 Å². The van der Waals surface area contributed by atoms with E-state index >= 15 is 0 Å². The van der Waals surface area contributed by atoms with Crippen molar-refractivity contribution in [1.29, 1.82) is 0 Å². The molecular formula is O6PSi. The quantitative estimate of drug-likeness (QED) is 0.265. The lowest BCUT2D eigenvalue weighted by molar-refractivity contribution is -0.432. The lowest BCUT2D eigenvalue weighted by Gasteiger charge is -2.36. The Labute approximate surface area is 46.3 Å². The van der Waals surface area contributed by atoms with Crippen LogP contribution in [0.2, 0.25) is 0 Å². The summed E-state index contributed by atoms with van der Waals surface area (Å²) in [6, 6.07) is 0. The predicted octanol–water partition coefficient (Wildman–Crippen LogP) is -3.44. The van der Waals surface area contributed by atoms with Crippen LogP contribution in [-0.4, -0.2) is 9.29 Å². The SMILES string of the molecule is O=P([O-])([O-])[O-].O=[Si+3]=O. The molecule has 0 heterocycles. The fourth-order valence-corrected chi connectivity index (χ4v) is 0. The highest BCUT2D eigenvalue weighted by atomic mass is 31.2. The molecule has 0 aromatic rings. The molecule has 0 aliphatic carbocycles. The summed E-state index contributed by atoms with van der Waals surface area (Å²) >= 11 is 0. The smallest absolute Gasteiger partial charge is 0.822 e. The van der Waals surface area contributed by atoms with Crippen LogP contribution in [0.15, 0.2) is 0 Å². The predicted molar refractivity (Wildman–Crippen MR) is 14.7 cm³/mol. The van der Waals surface area contributed by atoms with Crippen LogP contribution in [0.4, 0.5) is 0 Å². The third kappa shape index (κ3) is 26900. The zero-order valence-electron chi connectivity index (χ0n) is 3.40. The maximum Gasteiger partial charge on any atom is 2.38 e. The number of hydrogen-bond acceptors (Lipinski definition) is 6. The molecule has 0 amide bonds. The second-order valence-corrected chi connectivity index (χ2v) is 1.59.